The van der Waals surface area contributed by atoms with Gasteiger partial charge in [-0.2, -0.15) is 0 Å². The van der Waals surface area contributed by atoms with Crippen molar-refractivity contribution in [3.8, 4) is 0 Å². The summed E-state index contributed by atoms with van der Waals surface area (Å²) in [5, 5.41) is 3.06. The van der Waals surface area contributed by atoms with Gasteiger partial charge >= 0.3 is 0 Å². The third kappa shape index (κ3) is 3.61. The van der Waals surface area contributed by atoms with Crippen LogP contribution >= 0.6 is 11.6 Å². The highest BCUT2D eigenvalue weighted by Gasteiger charge is 2.28. The van der Waals surface area contributed by atoms with Gasteiger partial charge in [-0.15, -0.1) is 0 Å². The van der Waals surface area contributed by atoms with E-state index in [1.807, 2.05) is 24.4 Å². The second kappa shape index (κ2) is 7.29. The fraction of sp³-hybridized carbons (Fsp3) is 0.158. The van der Waals surface area contributed by atoms with Crippen molar-refractivity contribution in [3.05, 3.63) is 65.6 Å². The highest BCUT2D eigenvalue weighted by Crippen LogP contribution is 2.25. The standard InChI is InChI=1S/C19H17ClN4O3S/c20-19-16(23-11-2-1-4-17(23)22-19)9-10-18(25)21-14-5-7-15(8-6-14)24-12-3-13-28(24,26)27/h1-2,4-11H,3,12-13H2,(H,21,25)/b10-9+. The summed E-state index contributed by atoms with van der Waals surface area (Å²) in [4.78, 5) is 16.4. The van der Waals surface area contributed by atoms with Crippen LogP contribution < -0.4 is 9.62 Å². The zero-order valence-corrected chi connectivity index (χ0v) is 16.3. The summed E-state index contributed by atoms with van der Waals surface area (Å²) < 4.78 is 27.1. The molecule has 1 amide bonds. The van der Waals surface area contributed by atoms with E-state index >= 15 is 0 Å². The Morgan fingerprint density at radius 1 is 1.18 bits per heavy atom. The maximum atomic E-state index is 12.2. The molecular formula is C19H17ClN4O3S. The first kappa shape index (κ1) is 18.5. The number of benzene rings is 1. The number of hydrogen-bond acceptors (Lipinski definition) is 4. The minimum absolute atomic E-state index is 0.169. The summed E-state index contributed by atoms with van der Waals surface area (Å²) in [7, 11) is -3.22. The minimum atomic E-state index is -3.22. The number of nitrogens with one attached hydrogen (secondary N) is 1. The number of carbonyl (C=O) groups excluding carboxylic acids is 1. The normalized spacial score (nSPS) is 16.1. The van der Waals surface area contributed by atoms with Gasteiger partial charge in [-0.3, -0.25) is 13.5 Å². The van der Waals surface area contributed by atoms with Gasteiger partial charge in [-0.25, -0.2) is 13.4 Å². The number of imidazole rings is 1. The van der Waals surface area contributed by atoms with E-state index in [2.05, 4.69) is 10.3 Å². The first-order chi connectivity index (χ1) is 13.4. The van der Waals surface area contributed by atoms with Crippen molar-refractivity contribution < 1.29 is 13.2 Å². The average Bonchev–Trinajstić information content (AvgIpc) is 3.18. The third-order valence-corrected chi connectivity index (χ3v) is 6.58. The van der Waals surface area contributed by atoms with Crippen LogP contribution in [0.2, 0.25) is 5.15 Å². The number of sulfonamides is 1. The second-order valence-corrected chi connectivity index (χ2v) is 8.70. The fourth-order valence-corrected chi connectivity index (χ4v) is 4.92. The van der Waals surface area contributed by atoms with E-state index < -0.39 is 10.0 Å². The Kier molecular flexibility index (Phi) is 4.82. The Labute approximate surface area is 167 Å². The van der Waals surface area contributed by atoms with Gasteiger partial charge in [0.15, 0.2) is 5.15 Å². The molecule has 1 aromatic carbocycles. The number of anilines is 2. The largest absolute Gasteiger partial charge is 0.323 e. The molecule has 28 heavy (non-hydrogen) atoms. The van der Waals surface area contributed by atoms with Crippen LogP contribution in [0.4, 0.5) is 11.4 Å². The predicted molar refractivity (Wildman–Crippen MR) is 110 cm³/mol. The SMILES string of the molecule is O=C(/C=C/c1c(Cl)nc2ccccn12)Nc1ccc(N2CCCS2(=O)=O)cc1. The number of halogens is 1. The van der Waals surface area contributed by atoms with Crippen molar-refractivity contribution >= 4 is 50.6 Å². The van der Waals surface area contributed by atoms with Crippen LogP contribution in [-0.4, -0.2) is 36.0 Å². The summed E-state index contributed by atoms with van der Waals surface area (Å²) in [6.45, 7) is 0.483. The molecule has 1 aliphatic heterocycles. The molecule has 0 spiro atoms. The van der Waals surface area contributed by atoms with Crippen molar-refractivity contribution in [1.82, 2.24) is 9.38 Å². The van der Waals surface area contributed by atoms with E-state index in [0.29, 0.717) is 40.8 Å². The van der Waals surface area contributed by atoms with Gasteiger partial charge in [0.25, 0.3) is 0 Å². The van der Waals surface area contributed by atoms with Crippen LogP contribution in [0.5, 0.6) is 0 Å². The molecule has 3 aromatic rings. The molecule has 0 aliphatic carbocycles. The highest BCUT2D eigenvalue weighted by atomic mass is 35.5. The van der Waals surface area contributed by atoms with Crippen molar-refractivity contribution in [3.63, 3.8) is 0 Å². The molecule has 9 heteroatoms. The first-order valence-corrected chi connectivity index (χ1v) is 10.6. The maximum Gasteiger partial charge on any atom is 0.248 e. The lowest BCUT2D eigenvalue weighted by Gasteiger charge is -2.17. The predicted octanol–water partition coefficient (Wildman–Crippen LogP) is 3.18. The number of amides is 1. The average molecular weight is 417 g/mol. The van der Waals surface area contributed by atoms with Crippen molar-refractivity contribution in [2.75, 3.05) is 21.9 Å². The number of nitrogens with zero attached hydrogens (tertiary/aromatic N) is 3. The lowest BCUT2D eigenvalue weighted by atomic mass is 10.2. The Morgan fingerprint density at radius 3 is 2.68 bits per heavy atom. The first-order valence-electron chi connectivity index (χ1n) is 8.66. The molecule has 0 unspecified atom stereocenters. The topological polar surface area (TPSA) is 83.8 Å². The van der Waals surface area contributed by atoms with Crippen LogP contribution in [0.3, 0.4) is 0 Å². The Balaban J connectivity index is 1.46. The molecule has 0 atom stereocenters. The summed E-state index contributed by atoms with van der Waals surface area (Å²) in [6.07, 6.45) is 5.42. The lowest BCUT2D eigenvalue weighted by Crippen LogP contribution is -2.24. The highest BCUT2D eigenvalue weighted by molar-refractivity contribution is 7.93. The molecule has 1 aliphatic rings. The quantitative estimate of drug-likeness (QED) is 0.662. The van der Waals surface area contributed by atoms with Gasteiger partial charge in [0, 0.05) is 24.5 Å². The number of aromatic nitrogens is 2. The van der Waals surface area contributed by atoms with E-state index in [4.69, 9.17) is 11.6 Å². The maximum absolute atomic E-state index is 12.2. The summed E-state index contributed by atoms with van der Waals surface area (Å²) in [6, 6.07) is 12.3. The number of rotatable bonds is 4. The molecule has 0 radical (unpaired) electrons. The monoisotopic (exact) mass is 416 g/mol. The third-order valence-electron chi connectivity index (χ3n) is 4.44. The molecule has 3 heterocycles. The van der Waals surface area contributed by atoms with Crippen molar-refractivity contribution in [2.45, 2.75) is 6.42 Å². The molecule has 0 saturated carbocycles. The molecule has 2 aromatic heterocycles. The molecule has 1 fully saturated rings. The molecule has 7 nitrogen and oxygen atoms in total. The summed E-state index contributed by atoms with van der Waals surface area (Å²) in [5.41, 5.74) is 2.48. The molecule has 4 rings (SSSR count). The molecule has 1 saturated heterocycles. The van der Waals surface area contributed by atoms with E-state index in [1.54, 1.807) is 34.7 Å². The second-order valence-electron chi connectivity index (χ2n) is 6.33. The van der Waals surface area contributed by atoms with E-state index in [-0.39, 0.29) is 11.7 Å². The van der Waals surface area contributed by atoms with Gasteiger partial charge < -0.3 is 5.32 Å². The number of hydrogen-bond donors (Lipinski definition) is 1. The van der Waals surface area contributed by atoms with Gasteiger partial charge in [-0.1, -0.05) is 17.7 Å². The van der Waals surface area contributed by atoms with E-state index in [1.165, 1.54) is 10.4 Å². The Morgan fingerprint density at radius 2 is 1.96 bits per heavy atom. The number of pyridine rings is 1. The fourth-order valence-electron chi connectivity index (χ4n) is 3.11. The minimum Gasteiger partial charge on any atom is -0.323 e. The molecular weight excluding hydrogens is 400 g/mol. The smallest absolute Gasteiger partial charge is 0.248 e. The van der Waals surface area contributed by atoms with E-state index in [9.17, 15) is 13.2 Å². The zero-order chi connectivity index (χ0) is 19.7. The number of fused-ring (bicyclic) bond motifs is 1. The molecule has 0 bridgehead atoms. The number of carbonyl (C=O) groups is 1. The van der Waals surface area contributed by atoms with Gasteiger partial charge in [0.05, 0.1) is 17.1 Å². The van der Waals surface area contributed by atoms with Crippen LogP contribution in [0.1, 0.15) is 12.1 Å². The van der Waals surface area contributed by atoms with Crippen LogP contribution in [0, 0.1) is 0 Å². The summed E-state index contributed by atoms with van der Waals surface area (Å²) in [5.74, 6) is -0.161. The van der Waals surface area contributed by atoms with E-state index in [0.717, 1.165) is 0 Å². The van der Waals surface area contributed by atoms with Crippen LogP contribution in [0.15, 0.2) is 54.7 Å². The van der Waals surface area contributed by atoms with Crippen LogP contribution in [-0.2, 0) is 14.8 Å². The molecule has 144 valence electrons. The zero-order valence-electron chi connectivity index (χ0n) is 14.7. The van der Waals surface area contributed by atoms with Crippen molar-refractivity contribution in [1.29, 1.82) is 0 Å². The Hall–Kier alpha value is -2.84. The van der Waals surface area contributed by atoms with Crippen LogP contribution in [0.25, 0.3) is 11.7 Å². The lowest BCUT2D eigenvalue weighted by molar-refractivity contribution is -0.111. The Bertz CT molecular complexity index is 1170. The van der Waals surface area contributed by atoms with Gasteiger partial charge in [-0.05, 0) is 48.9 Å². The van der Waals surface area contributed by atoms with Gasteiger partial charge in [0.2, 0.25) is 15.9 Å². The van der Waals surface area contributed by atoms with Gasteiger partial charge in [0.1, 0.15) is 5.65 Å². The van der Waals surface area contributed by atoms with Crippen molar-refractivity contribution in [2.24, 2.45) is 0 Å². The molecule has 1 N–H and O–H groups in total. The summed E-state index contributed by atoms with van der Waals surface area (Å²) >= 11 is 6.15.